The number of aromatic nitrogens is 1. The van der Waals surface area contributed by atoms with Crippen LogP contribution in [0.3, 0.4) is 0 Å². The summed E-state index contributed by atoms with van der Waals surface area (Å²) >= 11 is 1.73. The van der Waals surface area contributed by atoms with E-state index in [-0.39, 0.29) is 6.42 Å². The zero-order valence-electron chi connectivity index (χ0n) is 18.0. The van der Waals surface area contributed by atoms with E-state index < -0.39 is 5.97 Å². The molecule has 4 nitrogen and oxygen atoms in total. The monoisotopic (exact) mass is 433 g/mol. The van der Waals surface area contributed by atoms with Crippen LogP contribution in [0.15, 0.2) is 48.5 Å². The smallest absolute Gasteiger partial charge is 0.303 e. The second-order valence-corrected chi connectivity index (χ2v) is 9.13. The summed E-state index contributed by atoms with van der Waals surface area (Å²) in [5, 5.41) is 10.1. The van der Waals surface area contributed by atoms with Gasteiger partial charge in [-0.1, -0.05) is 48.0 Å². The van der Waals surface area contributed by atoms with E-state index in [0.717, 1.165) is 52.4 Å². The first-order chi connectivity index (χ1) is 15.0. The van der Waals surface area contributed by atoms with E-state index in [9.17, 15) is 4.79 Å². The molecule has 0 unspecified atom stereocenters. The lowest BCUT2D eigenvalue weighted by Crippen LogP contribution is -2.08. The number of hydrogen-bond donors (Lipinski definition) is 1. The van der Waals surface area contributed by atoms with Crippen molar-refractivity contribution in [2.45, 2.75) is 46.0 Å². The molecular weight excluding hydrogens is 406 g/mol. The maximum atomic E-state index is 11.0. The Bertz CT molecular complexity index is 1110. The molecule has 1 aromatic heterocycles. The Morgan fingerprint density at radius 3 is 2.71 bits per heavy atom. The third-order valence-electron chi connectivity index (χ3n) is 5.66. The highest BCUT2D eigenvalue weighted by Gasteiger charge is 2.17. The normalized spacial score (nSPS) is 12.9. The van der Waals surface area contributed by atoms with Gasteiger partial charge in [-0.05, 0) is 50.3 Å². The minimum atomic E-state index is -0.760. The van der Waals surface area contributed by atoms with Crippen LogP contribution >= 0.6 is 11.3 Å². The van der Waals surface area contributed by atoms with Crippen molar-refractivity contribution in [3.8, 4) is 16.3 Å². The largest absolute Gasteiger partial charge is 0.493 e. The Morgan fingerprint density at radius 1 is 1.13 bits per heavy atom. The van der Waals surface area contributed by atoms with Gasteiger partial charge in [-0.25, -0.2) is 4.98 Å². The molecule has 0 aliphatic heterocycles. The Balaban J connectivity index is 1.43. The van der Waals surface area contributed by atoms with Gasteiger partial charge in [0.05, 0.1) is 12.3 Å². The average molecular weight is 434 g/mol. The van der Waals surface area contributed by atoms with Gasteiger partial charge < -0.3 is 9.84 Å². The van der Waals surface area contributed by atoms with E-state index >= 15 is 0 Å². The molecular formula is C26H27NO3S. The molecule has 2 aromatic carbocycles. The van der Waals surface area contributed by atoms with Crippen LogP contribution < -0.4 is 4.74 Å². The maximum absolute atomic E-state index is 11.0. The number of thiazole rings is 1. The van der Waals surface area contributed by atoms with E-state index in [4.69, 9.17) is 14.8 Å². The summed E-state index contributed by atoms with van der Waals surface area (Å²) in [5.41, 5.74) is 6.94. The van der Waals surface area contributed by atoms with Crippen LogP contribution in [0.2, 0.25) is 0 Å². The zero-order valence-corrected chi connectivity index (χ0v) is 18.8. The summed E-state index contributed by atoms with van der Waals surface area (Å²) in [4.78, 5) is 17.1. The fourth-order valence-electron chi connectivity index (χ4n) is 3.98. The minimum absolute atomic E-state index is 0.156. The molecule has 4 rings (SSSR count). The Kier molecular flexibility index (Phi) is 6.52. The molecule has 0 saturated carbocycles. The van der Waals surface area contributed by atoms with E-state index in [1.807, 2.05) is 12.1 Å². The van der Waals surface area contributed by atoms with Crippen molar-refractivity contribution < 1.29 is 14.6 Å². The van der Waals surface area contributed by atoms with Gasteiger partial charge in [0.2, 0.25) is 0 Å². The number of ether oxygens (including phenoxy) is 1. The quantitative estimate of drug-likeness (QED) is 0.457. The number of carboxylic acids is 1. The van der Waals surface area contributed by atoms with Crippen LogP contribution in [0.1, 0.15) is 46.5 Å². The molecule has 160 valence electrons. The first-order valence-corrected chi connectivity index (χ1v) is 11.5. The lowest BCUT2D eigenvalue weighted by atomic mass is 9.88. The first kappa shape index (κ1) is 21.3. The molecule has 0 bridgehead atoms. The van der Waals surface area contributed by atoms with Gasteiger partial charge in [-0.2, -0.15) is 0 Å². The molecule has 5 heteroatoms. The number of aliphatic carboxylic acids is 1. The van der Waals surface area contributed by atoms with Gasteiger partial charge in [0.15, 0.2) is 0 Å². The van der Waals surface area contributed by atoms with Crippen molar-refractivity contribution in [1.29, 1.82) is 0 Å². The van der Waals surface area contributed by atoms with Crippen molar-refractivity contribution in [3.63, 3.8) is 0 Å². The topological polar surface area (TPSA) is 59.4 Å². The summed E-state index contributed by atoms with van der Waals surface area (Å²) in [6.07, 6.45) is 5.50. The van der Waals surface area contributed by atoms with Crippen LogP contribution in [-0.4, -0.2) is 22.7 Å². The highest BCUT2D eigenvalue weighted by molar-refractivity contribution is 7.15. The number of fused-ring (bicyclic) bond motifs is 1. The molecule has 0 fully saturated rings. The van der Waals surface area contributed by atoms with Crippen molar-refractivity contribution >= 4 is 22.9 Å². The van der Waals surface area contributed by atoms with Crippen LogP contribution in [0, 0.1) is 13.8 Å². The number of aryl methyl sites for hydroxylation is 2. The highest BCUT2D eigenvalue weighted by Crippen LogP contribution is 2.35. The van der Waals surface area contributed by atoms with E-state index in [1.54, 1.807) is 11.3 Å². The first-order valence-electron chi connectivity index (χ1n) is 10.7. The van der Waals surface area contributed by atoms with Gasteiger partial charge in [-0.3, -0.25) is 4.79 Å². The second-order valence-electron chi connectivity index (χ2n) is 7.93. The summed E-state index contributed by atoms with van der Waals surface area (Å²) < 4.78 is 6.19. The molecule has 31 heavy (non-hydrogen) atoms. The van der Waals surface area contributed by atoms with Crippen LogP contribution in [-0.2, 0) is 17.6 Å². The molecule has 0 atom stereocenters. The van der Waals surface area contributed by atoms with Crippen molar-refractivity contribution in [2.24, 2.45) is 0 Å². The standard InChI is InChI=1S/C26H27NO3S/c1-17-9-11-20(12-10-17)26-27-23(18(2)31-26)15-16-30-24-8-4-6-21-19(13-14-25(28)29)5-3-7-22(21)24/h4-6,8-12H,3,7,13-16H2,1-2H3,(H,28,29). The van der Waals surface area contributed by atoms with Gasteiger partial charge in [0.25, 0.3) is 0 Å². The number of hydrogen-bond acceptors (Lipinski definition) is 4. The molecule has 1 N–H and O–H groups in total. The summed E-state index contributed by atoms with van der Waals surface area (Å²) in [7, 11) is 0. The highest BCUT2D eigenvalue weighted by atomic mass is 32.1. The number of benzene rings is 2. The number of nitrogens with zero attached hydrogens (tertiary/aromatic N) is 1. The van der Waals surface area contributed by atoms with Gasteiger partial charge >= 0.3 is 5.97 Å². The lowest BCUT2D eigenvalue weighted by Gasteiger charge is -2.21. The predicted octanol–water partition coefficient (Wildman–Crippen LogP) is 6.24. The summed E-state index contributed by atoms with van der Waals surface area (Å²) in [5.74, 6) is 0.147. The Hall–Kier alpha value is -2.92. The molecule has 3 aromatic rings. The summed E-state index contributed by atoms with van der Waals surface area (Å²) in [6.45, 7) is 4.78. The number of carbonyl (C=O) groups is 1. The molecule has 0 saturated heterocycles. The number of rotatable bonds is 8. The predicted molar refractivity (Wildman–Crippen MR) is 126 cm³/mol. The third-order valence-corrected chi connectivity index (χ3v) is 6.72. The molecule has 0 spiro atoms. The van der Waals surface area contributed by atoms with E-state index in [0.29, 0.717) is 13.0 Å². The van der Waals surface area contributed by atoms with Crippen LogP contribution in [0.5, 0.6) is 5.75 Å². The Morgan fingerprint density at radius 2 is 1.94 bits per heavy atom. The van der Waals surface area contributed by atoms with E-state index in [1.165, 1.54) is 16.0 Å². The molecule has 0 radical (unpaired) electrons. The molecule has 0 amide bonds. The van der Waals surface area contributed by atoms with Gasteiger partial charge in [0, 0.05) is 28.8 Å². The molecule has 1 aliphatic rings. The summed E-state index contributed by atoms with van der Waals surface area (Å²) in [6, 6.07) is 14.6. The van der Waals surface area contributed by atoms with Gasteiger partial charge in [0.1, 0.15) is 10.8 Å². The second kappa shape index (κ2) is 9.48. The fraction of sp³-hybridized carbons (Fsp3) is 0.308. The third kappa shape index (κ3) is 5.05. The van der Waals surface area contributed by atoms with Crippen LogP contribution in [0.25, 0.3) is 16.1 Å². The van der Waals surface area contributed by atoms with E-state index in [2.05, 4.69) is 50.3 Å². The fourth-order valence-corrected chi connectivity index (χ4v) is 4.94. The number of allylic oxidation sites excluding steroid dienone is 2. The van der Waals surface area contributed by atoms with Crippen molar-refractivity contribution in [1.82, 2.24) is 4.98 Å². The Labute approximate surface area is 187 Å². The molecule has 1 heterocycles. The SMILES string of the molecule is Cc1ccc(-c2nc(CCOc3cccc4c3CCC=C4CCC(=O)O)c(C)s2)cc1. The number of carboxylic acid groups (broad SMARTS) is 1. The molecule has 1 aliphatic carbocycles. The lowest BCUT2D eigenvalue weighted by molar-refractivity contribution is -0.136. The zero-order chi connectivity index (χ0) is 21.8. The van der Waals surface area contributed by atoms with Crippen LogP contribution in [0.4, 0.5) is 0 Å². The van der Waals surface area contributed by atoms with Crippen molar-refractivity contribution in [2.75, 3.05) is 6.61 Å². The average Bonchev–Trinajstić information content (AvgIpc) is 3.13. The van der Waals surface area contributed by atoms with Gasteiger partial charge in [-0.15, -0.1) is 11.3 Å². The maximum Gasteiger partial charge on any atom is 0.303 e. The minimum Gasteiger partial charge on any atom is -0.493 e. The van der Waals surface area contributed by atoms with Crippen molar-refractivity contribution in [3.05, 3.63) is 75.8 Å².